The smallest absolute Gasteiger partial charge is 0.269 e. The van der Waals surface area contributed by atoms with Gasteiger partial charge in [0.15, 0.2) is 0 Å². The molecule has 2 aromatic rings. The summed E-state index contributed by atoms with van der Waals surface area (Å²) >= 11 is 0. The zero-order valence-corrected chi connectivity index (χ0v) is 13.8. The maximum atomic E-state index is 10.9. The number of non-ortho nitro benzene ring substituents is 1. The number of aliphatic hydroxyl groups excluding tert-OH is 1. The van der Waals surface area contributed by atoms with E-state index < -0.39 is 11.0 Å². The van der Waals surface area contributed by atoms with Crippen LogP contribution >= 0.6 is 0 Å². The molecule has 2 unspecified atom stereocenters. The van der Waals surface area contributed by atoms with Crippen molar-refractivity contribution in [1.29, 1.82) is 0 Å². The fraction of sp³-hybridized carbons (Fsp3) is 0.333. The minimum absolute atomic E-state index is 0.0647. The Labute approximate surface area is 141 Å². The summed E-state index contributed by atoms with van der Waals surface area (Å²) in [5, 5.41) is 24.5. The number of hydrogen-bond acceptors (Lipinski definition) is 5. The number of ether oxygens (including phenoxy) is 1. The van der Waals surface area contributed by atoms with Gasteiger partial charge in [0.1, 0.15) is 5.75 Å². The molecule has 0 amide bonds. The highest BCUT2D eigenvalue weighted by Crippen LogP contribution is 2.23. The van der Waals surface area contributed by atoms with Gasteiger partial charge < -0.3 is 15.2 Å². The molecule has 0 saturated carbocycles. The van der Waals surface area contributed by atoms with Crippen LogP contribution in [0.25, 0.3) is 0 Å². The summed E-state index contributed by atoms with van der Waals surface area (Å²) in [5.74, 6) is 0.692. The molecule has 0 spiro atoms. The quantitative estimate of drug-likeness (QED) is 0.572. The third-order valence-electron chi connectivity index (χ3n) is 3.93. The predicted octanol–water partition coefficient (Wildman–Crippen LogP) is 3.38. The van der Waals surface area contributed by atoms with Crippen LogP contribution in [0.1, 0.15) is 36.6 Å². The highest BCUT2D eigenvalue weighted by Gasteiger charge is 2.15. The van der Waals surface area contributed by atoms with Crippen molar-refractivity contribution < 1.29 is 14.8 Å². The Kier molecular flexibility index (Phi) is 6.28. The molecule has 2 rings (SSSR count). The number of nitro benzene ring substituents is 1. The van der Waals surface area contributed by atoms with Crippen LogP contribution in [0.15, 0.2) is 48.5 Å². The fourth-order valence-corrected chi connectivity index (χ4v) is 2.57. The molecule has 6 heteroatoms. The van der Waals surface area contributed by atoms with Crippen LogP contribution in [0.3, 0.4) is 0 Å². The van der Waals surface area contributed by atoms with Gasteiger partial charge in [-0.15, -0.1) is 0 Å². The van der Waals surface area contributed by atoms with Crippen molar-refractivity contribution in [1.82, 2.24) is 5.32 Å². The molecular weight excluding hydrogens is 308 g/mol. The number of hydrogen-bond donors (Lipinski definition) is 2. The lowest BCUT2D eigenvalue weighted by Gasteiger charge is -2.20. The second-order valence-electron chi connectivity index (χ2n) is 5.51. The predicted molar refractivity (Wildman–Crippen MR) is 92.1 cm³/mol. The van der Waals surface area contributed by atoms with E-state index in [-0.39, 0.29) is 11.7 Å². The summed E-state index contributed by atoms with van der Waals surface area (Å²) in [6.45, 7) is 2.34. The van der Waals surface area contributed by atoms with E-state index in [1.807, 2.05) is 31.2 Å². The van der Waals surface area contributed by atoms with Gasteiger partial charge in [0.2, 0.25) is 0 Å². The average molecular weight is 330 g/mol. The third-order valence-corrected chi connectivity index (χ3v) is 3.93. The fourth-order valence-electron chi connectivity index (χ4n) is 2.57. The van der Waals surface area contributed by atoms with E-state index >= 15 is 0 Å². The molecule has 128 valence electrons. The number of benzene rings is 2. The molecule has 2 N–H and O–H groups in total. The molecule has 2 atom stereocenters. The number of nitrogens with one attached hydrogen (secondary N) is 1. The van der Waals surface area contributed by atoms with Gasteiger partial charge in [-0.1, -0.05) is 31.2 Å². The van der Waals surface area contributed by atoms with Crippen LogP contribution in [0, 0.1) is 10.1 Å². The molecule has 0 heterocycles. The van der Waals surface area contributed by atoms with Gasteiger partial charge in [-0.05, 0) is 29.7 Å². The molecule has 6 nitrogen and oxygen atoms in total. The zero-order chi connectivity index (χ0) is 17.5. The van der Waals surface area contributed by atoms with E-state index in [1.165, 1.54) is 6.07 Å². The first-order valence-electron chi connectivity index (χ1n) is 7.85. The monoisotopic (exact) mass is 330 g/mol. The van der Waals surface area contributed by atoms with Crippen LogP contribution in [0.4, 0.5) is 5.69 Å². The molecule has 0 saturated heterocycles. The summed E-state index contributed by atoms with van der Waals surface area (Å²) in [4.78, 5) is 10.5. The summed E-state index contributed by atoms with van der Waals surface area (Å²) in [6, 6.07) is 13.8. The largest absolute Gasteiger partial charge is 0.497 e. The van der Waals surface area contributed by atoms with Crippen molar-refractivity contribution in [2.45, 2.75) is 25.5 Å². The van der Waals surface area contributed by atoms with Gasteiger partial charge in [0.25, 0.3) is 5.69 Å². The highest BCUT2D eigenvalue weighted by atomic mass is 16.6. The summed E-state index contributed by atoms with van der Waals surface area (Å²) in [6.07, 6.45) is 0.0688. The average Bonchev–Trinajstić information content (AvgIpc) is 2.62. The molecule has 0 bridgehead atoms. The number of aliphatic hydroxyl groups is 1. The van der Waals surface area contributed by atoms with E-state index in [2.05, 4.69) is 5.32 Å². The Morgan fingerprint density at radius 3 is 2.58 bits per heavy atom. The van der Waals surface area contributed by atoms with Crippen LogP contribution in [0.2, 0.25) is 0 Å². The van der Waals surface area contributed by atoms with E-state index in [0.29, 0.717) is 12.3 Å². The molecule has 0 aromatic heterocycles. The zero-order valence-electron chi connectivity index (χ0n) is 13.8. The van der Waals surface area contributed by atoms with Gasteiger partial charge in [0.05, 0.1) is 18.1 Å². The molecular formula is C18H22N2O4. The molecule has 24 heavy (non-hydrogen) atoms. The normalized spacial score (nSPS) is 13.3. The number of methoxy groups -OCH3 is 1. The third kappa shape index (κ3) is 4.53. The highest BCUT2D eigenvalue weighted by molar-refractivity contribution is 5.36. The first-order chi connectivity index (χ1) is 11.5. The van der Waals surface area contributed by atoms with Crippen molar-refractivity contribution in [3.8, 4) is 5.75 Å². The standard InChI is InChI=1S/C18H22N2O4/c1-3-17(13-6-4-8-15(10-13)20(22)23)19-12-18(21)14-7-5-9-16(11-14)24-2/h4-11,17-19,21H,3,12H2,1-2H3. The molecule has 0 fully saturated rings. The van der Waals surface area contributed by atoms with Crippen molar-refractivity contribution in [2.24, 2.45) is 0 Å². The molecule has 0 aliphatic heterocycles. The van der Waals surface area contributed by atoms with Crippen molar-refractivity contribution >= 4 is 5.69 Å². The van der Waals surface area contributed by atoms with Gasteiger partial charge >= 0.3 is 0 Å². The van der Waals surface area contributed by atoms with Gasteiger partial charge in [-0.2, -0.15) is 0 Å². The molecule has 0 aliphatic carbocycles. The van der Waals surface area contributed by atoms with Crippen LogP contribution < -0.4 is 10.1 Å². The van der Waals surface area contributed by atoms with Crippen molar-refractivity contribution in [2.75, 3.05) is 13.7 Å². The number of rotatable bonds is 8. The first-order valence-corrected chi connectivity index (χ1v) is 7.85. The van der Waals surface area contributed by atoms with E-state index in [9.17, 15) is 15.2 Å². The second kappa shape index (κ2) is 8.42. The van der Waals surface area contributed by atoms with E-state index in [4.69, 9.17) is 4.74 Å². The maximum Gasteiger partial charge on any atom is 0.269 e. The molecule has 2 aromatic carbocycles. The SMILES string of the molecule is CCC(NCC(O)c1cccc(OC)c1)c1cccc([N+](=O)[O-])c1. The first kappa shape index (κ1) is 17.9. The van der Waals surface area contributed by atoms with Crippen LogP contribution in [-0.2, 0) is 0 Å². The van der Waals surface area contributed by atoms with Gasteiger partial charge in [-0.3, -0.25) is 10.1 Å². The van der Waals surface area contributed by atoms with E-state index in [1.54, 1.807) is 25.3 Å². The maximum absolute atomic E-state index is 10.9. The van der Waals surface area contributed by atoms with Gasteiger partial charge in [0, 0.05) is 24.7 Å². The summed E-state index contributed by atoms with van der Waals surface area (Å²) in [5.41, 5.74) is 1.67. The Balaban J connectivity index is 2.05. The van der Waals surface area contributed by atoms with Crippen LogP contribution in [-0.4, -0.2) is 23.7 Å². The van der Waals surface area contributed by atoms with Crippen molar-refractivity contribution in [3.05, 3.63) is 69.8 Å². The summed E-state index contributed by atoms with van der Waals surface area (Å²) in [7, 11) is 1.58. The lowest BCUT2D eigenvalue weighted by Crippen LogP contribution is -2.26. The Morgan fingerprint density at radius 2 is 1.92 bits per heavy atom. The van der Waals surface area contributed by atoms with Gasteiger partial charge in [-0.25, -0.2) is 0 Å². The molecule has 0 aliphatic rings. The Bertz CT molecular complexity index is 690. The van der Waals surface area contributed by atoms with Crippen molar-refractivity contribution in [3.63, 3.8) is 0 Å². The van der Waals surface area contributed by atoms with E-state index in [0.717, 1.165) is 17.5 Å². The number of nitro groups is 1. The topological polar surface area (TPSA) is 84.6 Å². The molecule has 0 radical (unpaired) electrons. The second-order valence-corrected chi connectivity index (χ2v) is 5.51. The lowest BCUT2D eigenvalue weighted by atomic mass is 10.0. The minimum Gasteiger partial charge on any atom is -0.497 e. The van der Waals surface area contributed by atoms with Crippen LogP contribution in [0.5, 0.6) is 5.75 Å². The Hall–Kier alpha value is -2.44. The Morgan fingerprint density at radius 1 is 1.21 bits per heavy atom. The minimum atomic E-state index is -0.687. The number of nitrogens with zero attached hydrogens (tertiary/aromatic N) is 1. The summed E-state index contributed by atoms with van der Waals surface area (Å²) < 4.78 is 5.16. The lowest BCUT2D eigenvalue weighted by molar-refractivity contribution is -0.384.